The van der Waals surface area contributed by atoms with Crippen molar-refractivity contribution >= 4 is 5.78 Å². The zero-order chi connectivity index (χ0) is 9.78. The van der Waals surface area contributed by atoms with Gasteiger partial charge < -0.3 is 16.9 Å². The Balaban J connectivity index is 0. The number of allylic oxidation sites excluding steroid dienone is 1. The lowest BCUT2D eigenvalue weighted by Crippen LogP contribution is -3.00. The number of quaternary nitrogens is 1. The van der Waals surface area contributed by atoms with E-state index >= 15 is 0 Å². The minimum absolute atomic E-state index is 0. The molecular formula is C10H20ClNO. The van der Waals surface area contributed by atoms with E-state index in [0.717, 1.165) is 10.9 Å². The van der Waals surface area contributed by atoms with Crippen LogP contribution in [0.1, 0.15) is 19.8 Å². The molecule has 0 aromatic carbocycles. The Bertz CT molecular complexity index is 172. The highest BCUT2D eigenvalue weighted by Crippen LogP contribution is 2.09. The maximum absolute atomic E-state index is 10.9. The van der Waals surface area contributed by atoms with Gasteiger partial charge in [0.15, 0.2) is 5.78 Å². The molecule has 0 spiro atoms. The predicted molar refractivity (Wildman–Crippen MR) is 51.9 cm³/mol. The van der Waals surface area contributed by atoms with Crippen LogP contribution in [0.2, 0.25) is 0 Å². The van der Waals surface area contributed by atoms with Gasteiger partial charge >= 0.3 is 0 Å². The number of hydrogen-bond donors (Lipinski definition) is 0. The van der Waals surface area contributed by atoms with Gasteiger partial charge in [-0.25, -0.2) is 0 Å². The Labute approximate surface area is 87.6 Å². The normalized spacial score (nSPS) is 12.9. The molecule has 0 amide bonds. The van der Waals surface area contributed by atoms with Gasteiger partial charge in [-0.05, 0) is 13.0 Å². The van der Waals surface area contributed by atoms with Crippen molar-refractivity contribution in [3.05, 3.63) is 12.7 Å². The zero-order valence-electron chi connectivity index (χ0n) is 9.01. The van der Waals surface area contributed by atoms with Gasteiger partial charge in [-0.1, -0.05) is 6.58 Å². The minimum atomic E-state index is 0. The van der Waals surface area contributed by atoms with Crippen LogP contribution in [0.4, 0.5) is 0 Å². The molecule has 0 saturated heterocycles. The van der Waals surface area contributed by atoms with Crippen LogP contribution in [0.5, 0.6) is 0 Å². The average Bonchev–Trinajstić information content (AvgIpc) is 1.97. The smallest absolute Gasteiger partial charge is 0.155 e. The number of ketones is 1. The molecule has 0 rings (SSSR count). The summed E-state index contributed by atoms with van der Waals surface area (Å²) in [5, 5.41) is 0. The number of halogens is 1. The van der Waals surface area contributed by atoms with Gasteiger partial charge in [0.1, 0.15) is 0 Å². The van der Waals surface area contributed by atoms with E-state index in [0.29, 0.717) is 12.5 Å². The molecule has 1 atom stereocenters. The summed E-state index contributed by atoms with van der Waals surface area (Å²) in [6.45, 7) is 5.61. The maximum atomic E-state index is 10.9. The quantitative estimate of drug-likeness (QED) is 0.400. The highest BCUT2D eigenvalue weighted by molar-refractivity contribution is 5.88. The predicted octanol–water partition coefficient (Wildman–Crippen LogP) is -1.38. The van der Waals surface area contributed by atoms with Gasteiger partial charge in [-0.15, -0.1) is 0 Å². The summed E-state index contributed by atoms with van der Waals surface area (Å²) >= 11 is 0. The second-order valence-electron chi connectivity index (χ2n) is 4.17. The Morgan fingerprint density at radius 1 is 1.46 bits per heavy atom. The first-order valence-electron chi connectivity index (χ1n) is 4.34. The molecule has 13 heavy (non-hydrogen) atoms. The molecule has 0 aliphatic heterocycles. The molecule has 0 bridgehead atoms. The molecular weight excluding hydrogens is 186 g/mol. The van der Waals surface area contributed by atoms with Gasteiger partial charge in [0, 0.05) is 12.8 Å². The van der Waals surface area contributed by atoms with E-state index in [9.17, 15) is 4.79 Å². The first-order valence-corrected chi connectivity index (χ1v) is 4.34. The van der Waals surface area contributed by atoms with Gasteiger partial charge in [0.2, 0.25) is 0 Å². The molecule has 0 aromatic rings. The molecule has 2 nitrogen and oxygen atoms in total. The fourth-order valence-corrected chi connectivity index (χ4v) is 0.841. The van der Waals surface area contributed by atoms with E-state index in [1.54, 1.807) is 0 Å². The van der Waals surface area contributed by atoms with Gasteiger partial charge in [-0.2, -0.15) is 0 Å². The maximum Gasteiger partial charge on any atom is 0.155 e. The first-order chi connectivity index (χ1) is 5.38. The third-order valence-corrected chi connectivity index (χ3v) is 2.36. The zero-order valence-corrected chi connectivity index (χ0v) is 9.77. The van der Waals surface area contributed by atoms with Crippen molar-refractivity contribution in [1.29, 1.82) is 0 Å². The molecule has 78 valence electrons. The standard InChI is InChI=1S/C10H20NO.ClH/c1-6-10(12)8-7-9(2)11(3,4)5;/h6,9H,1,7-8H2,2-5H3;1H/q+1;/p-1. The molecule has 0 aromatic heterocycles. The summed E-state index contributed by atoms with van der Waals surface area (Å²) in [4.78, 5) is 10.9. The summed E-state index contributed by atoms with van der Waals surface area (Å²) < 4.78 is 0.907. The summed E-state index contributed by atoms with van der Waals surface area (Å²) in [6, 6.07) is 0.522. The number of carbonyl (C=O) groups excluding carboxylic acids is 1. The molecule has 3 heteroatoms. The summed E-state index contributed by atoms with van der Waals surface area (Å²) in [5.41, 5.74) is 0. The highest BCUT2D eigenvalue weighted by atomic mass is 35.5. The number of nitrogens with zero attached hydrogens (tertiary/aromatic N) is 1. The fourth-order valence-electron chi connectivity index (χ4n) is 0.841. The second kappa shape index (κ2) is 6.17. The molecule has 0 fully saturated rings. The Morgan fingerprint density at radius 2 is 1.92 bits per heavy atom. The molecule has 0 aliphatic rings. The fraction of sp³-hybridized carbons (Fsp3) is 0.700. The van der Waals surface area contributed by atoms with Crippen LogP contribution >= 0.6 is 0 Å². The number of hydrogen-bond acceptors (Lipinski definition) is 1. The van der Waals surface area contributed by atoms with E-state index < -0.39 is 0 Å². The largest absolute Gasteiger partial charge is 1.00 e. The lowest BCUT2D eigenvalue weighted by molar-refractivity contribution is -0.894. The van der Waals surface area contributed by atoms with E-state index in [-0.39, 0.29) is 18.2 Å². The van der Waals surface area contributed by atoms with Gasteiger partial charge in [0.25, 0.3) is 0 Å². The Hall–Kier alpha value is -0.340. The molecule has 0 saturated carbocycles. The van der Waals surface area contributed by atoms with E-state index in [1.807, 2.05) is 0 Å². The van der Waals surface area contributed by atoms with Crippen molar-refractivity contribution < 1.29 is 21.7 Å². The summed E-state index contributed by atoms with van der Waals surface area (Å²) in [7, 11) is 6.43. The molecule has 0 aliphatic carbocycles. The van der Waals surface area contributed by atoms with Crippen LogP contribution in [-0.4, -0.2) is 37.5 Å². The molecule has 0 N–H and O–H groups in total. The van der Waals surface area contributed by atoms with Gasteiger partial charge in [0.05, 0.1) is 27.2 Å². The van der Waals surface area contributed by atoms with E-state index in [1.165, 1.54) is 6.08 Å². The molecule has 0 radical (unpaired) electrons. The number of carbonyl (C=O) groups is 1. The minimum Gasteiger partial charge on any atom is -1.00 e. The Morgan fingerprint density at radius 3 is 2.23 bits per heavy atom. The van der Waals surface area contributed by atoms with E-state index in [2.05, 4.69) is 34.6 Å². The van der Waals surface area contributed by atoms with Crippen LogP contribution in [0, 0.1) is 0 Å². The molecule has 0 heterocycles. The van der Waals surface area contributed by atoms with Crippen LogP contribution < -0.4 is 12.4 Å². The van der Waals surface area contributed by atoms with Crippen molar-refractivity contribution in [1.82, 2.24) is 0 Å². The van der Waals surface area contributed by atoms with Crippen LogP contribution in [0.25, 0.3) is 0 Å². The van der Waals surface area contributed by atoms with Crippen LogP contribution in [-0.2, 0) is 4.79 Å². The third kappa shape index (κ3) is 6.79. The first kappa shape index (κ1) is 15.1. The average molecular weight is 206 g/mol. The van der Waals surface area contributed by atoms with Gasteiger partial charge in [-0.3, -0.25) is 4.79 Å². The van der Waals surface area contributed by atoms with Crippen molar-refractivity contribution in [3.63, 3.8) is 0 Å². The topological polar surface area (TPSA) is 17.1 Å². The van der Waals surface area contributed by atoms with Crippen LogP contribution in [0.15, 0.2) is 12.7 Å². The lowest BCUT2D eigenvalue weighted by atomic mass is 10.1. The highest BCUT2D eigenvalue weighted by Gasteiger charge is 2.18. The summed E-state index contributed by atoms with van der Waals surface area (Å²) in [6.07, 6.45) is 2.97. The van der Waals surface area contributed by atoms with E-state index in [4.69, 9.17) is 0 Å². The van der Waals surface area contributed by atoms with Crippen molar-refractivity contribution in [2.75, 3.05) is 21.1 Å². The van der Waals surface area contributed by atoms with Crippen LogP contribution in [0.3, 0.4) is 0 Å². The van der Waals surface area contributed by atoms with Crippen molar-refractivity contribution in [3.8, 4) is 0 Å². The summed E-state index contributed by atoms with van der Waals surface area (Å²) in [5.74, 6) is 0.148. The third-order valence-electron chi connectivity index (χ3n) is 2.36. The SMILES string of the molecule is C=CC(=O)CCC(C)[N+](C)(C)C.[Cl-]. The molecule has 1 unspecified atom stereocenters. The lowest BCUT2D eigenvalue weighted by Gasteiger charge is -2.31. The van der Waals surface area contributed by atoms with Crippen molar-refractivity contribution in [2.24, 2.45) is 0 Å². The Kier molecular flexibility index (Phi) is 7.18. The second-order valence-corrected chi connectivity index (χ2v) is 4.17. The number of rotatable bonds is 5. The van der Waals surface area contributed by atoms with Crippen molar-refractivity contribution in [2.45, 2.75) is 25.8 Å². The monoisotopic (exact) mass is 205 g/mol.